The zero-order chi connectivity index (χ0) is 14.8. The van der Waals surface area contributed by atoms with Crippen molar-refractivity contribution in [2.75, 3.05) is 24.6 Å². The third kappa shape index (κ3) is 3.21. The summed E-state index contributed by atoms with van der Waals surface area (Å²) in [6.07, 6.45) is 6.53. The lowest BCUT2D eigenvalue weighted by Crippen LogP contribution is -2.42. The lowest BCUT2D eigenvalue weighted by atomic mass is 9.84. The van der Waals surface area contributed by atoms with Crippen molar-refractivity contribution in [1.82, 2.24) is 4.98 Å². The molecule has 1 aromatic rings. The van der Waals surface area contributed by atoms with Gasteiger partial charge in [-0.1, -0.05) is 0 Å². The van der Waals surface area contributed by atoms with Gasteiger partial charge < -0.3 is 15.4 Å². The van der Waals surface area contributed by atoms with Crippen LogP contribution in [0.4, 0.5) is 5.69 Å². The number of hydrogen-bond acceptors (Lipinski definition) is 4. The van der Waals surface area contributed by atoms with Gasteiger partial charge in [0.05, 0.1) is 23.9 Å². The monoisotopic (exact) mass is 353 g/mol. The fourth-order valence-electron chi connectivity index (χ4n) is 3.44. The highest BCUT2D eigenvalue weighted by molar-refractivity contribution is 9.10. The highest BCUT2D eigenvalue weighted by atomic mass is 79.9. The molecule has 0 bridgehead atoms. The summed E-state index contributed by atoms with van der Waals surface area (Å²) in [6.45, 7) is 2.59. The van der Waals surface area contributed by atoms with E-state index < -0.39 is 0 Å². The Morgan fingerprint density at radius 3 is 2.76 bits per heavy atom. The number of nitrogens with zero attached hydrogens (tertiary/aromatic N) is 2. The summed E-state index contributed by atoms with van der Waals surface area (Å²) in [4.78, 5) is 18.0. The quantitative estimate of drug-likeness (QED) is 0.901. The normalized spacial score (nSPS) is 27.0. The SMILES string of the molecule is NC(=O)[C@H]1CCO[C@@H]1C1CCN(c2cncc(Br)c2)CC1. The maximum atomic E-state index is 11.5. The summed E-state index contributed by atoms with van der Waals surface area (Å²) in [5.74, 6) is 0.117. The molecule has 2 fully saturated rings. The minimum atomic E-state index is -0.212. The Labute approximate surface area is 133 Å². The number of pyridine rings is 1. The van der Waals surface area contributed by atoms with Crippen molar-refractivity contribution in [3.05, 3.63) is 22.9 Å². The van der Waals surface area contributed by atoms with Gasteiger partial charge in [-0.15, -0.1) is 0 Å². The first kappa shape index (κ1) is 14.8. The summed E-state index contributed by atoms with van der Waals surface area (Å²) in [5.41, 5.74) is 6.63. The van der Waals surface area contributed by atoms with Crippen molar-refractivity contribution in [1.29, 1.82) is 0 Å². The van der Waals surface area contributed by atoms with Gasteiger partial charge in [-0.3, -0.25) is 9.78 Å². The van der Waals surface area contributed by atoms with E-state index in [9.17, 15) is 4.79 Å². The number of rotatable bonds is 3. The molecule has 2 atom stereocenters. The minimum Gasteiger partial charge on any atom is -0.377 e. The predicted molar refractivity (Wildman–Crippen MR) is 83.9 cm³/mol. The van der Waals surface area contributed by atoms with E-state index in [1.54, 1.807) is 6.20 Å². The van der Waals surface area contributed by atoms with Crippen molar-refractivity contribution in [3.8, 4) is 0 Å². The first-order chi connectivity index (χ1) is 10.1. The fraction of sp³-hybridized carbons (Fsp3) is 0.600. The first-order valence-electron chi connectivity index (χ1n) is 7.41. The topological polar surface area (TPSA) is 68.5 Å². The molecule has 2 aliphatic rings. The third-order valence-electron chi connectivity index (χ3n) is 4.56. The summed E-state index contributed by atoms with van der Waals surface area (Å²) in [5, 5.41) is 0. The summed E-state index contributed by atoms with van der Waals surface area (Å²) >= 11 is 3.46. The van der Waals surface area contributed by atoms with Crippen LogP contribution >= 0.6 is 15.9 Å². The minimum absolute atomic E-state index is 0.0188. The zero-order valence-electron chi connectivity index (χ0n) is 11.9. The second-order valence-corrected chi connectivity index (χ2v) is 6.73. The molecule has 0 spiro atoms. The Balaban J connectivity index is 1.61. The van der Waals surface area contributed by atoms with Crippen LogP contribution < -0.4 is 10.6 Å². The predicted octanol–water partition coefficient (Wildman–Crippen LogP) is 1.95. The number of halogens is 1. The van der Waals surface area contributed by atoms with Crippen LogP contribution in [-0.2, 0) is 9.53 Å². The molecule has 1 amide bonds. The van der Waals surface area contributed by atoms with Gasteiger partial charge in [-0.05, 0) is 47.2 Å². The fourth-order valence-corrected chi connectivity index (χ4v) is 3.79. The molecule has 1 aromatic heterocycles. The van der Waals surface area contributed by atoms with E-state index in [0.29, 0.717) is 12.5 Å². The van der Waals surface area contributed by atoms with Gasteiger partial charge in [-0.2, -0.15) is 0 Å². The molecule has 2 aliphatic heterocycles. The molecule has 3 rings (SSSR count). The number of nitrogens with two attached hydrogens (primary N) is 1. The molecule has 0 aliphatic carbocycles. The molecule has 3 heterocycles. The van der Waals surface area contributed by atoms with E-state index in [-0.39, 0.29) is 17.9 Å². The maximum Gasteiger partial charge on any atom is 0.223 e. The molecule has 5 nitrogen and oxygen atoms in total. The Morgan fingerprint density at radius 2 is 2.10 bits per heavy atom. The second kappa shape index (κ2) is 6.32. The first-order valence-corrected chi connectivity index (χ1v) is 8.21. The lowest BCUT2D eigenvalue weighted by molar-refractivity contribution is -0.124. The number of hydrogen-bond donors (Lipinski definition) is 1. The van der Waals surface area contributed by atoms with Crippen molar-refractivity contribution in [2.24, 2.45) is 17.6 Å². The Kier molecular flexibility index (Phi) is 4.45. The largest absolute Gasteiger partial charge is 0.377 e. The highest BCUT2D eigenvalue weighted by Crippen LogP contribution is 2.34. The summed E-state index contributed by atoms with van der Waals surface area (Å²) < 4.78 is 6.78. The van der Waals surface area contributed by atoms with Crippen LogP contribution in [0.25, 0.3) is 0 Å². The molecular formula is C15H20BrN3O2. The molecule has 0 radical (unpaired) electrons. The van der Waals surface area contributed by atoms with Crippen LogP contribution in [0.1, 0.15) is 19.3 Å². The van der Waals surface area contributed by atoms with E-state index >= 15 is 0 Å². The number of primary amides is 1. The number of amides is 1. The van der Waals surface area contributed by atoms with Gasteiger partial charge in [0.2, 0.25) is 5.91 Å². The third-order valence-corrected chi connectivity index (χ3v) is 4.99. The van der Waals surface area contributed by atoms with Gasteiger partial charge in [0.25, 0.3) is 0 Å². The van der Waals surface area contributed by atoms with Crippen LogP contribution in [0.3, 0.4) is 0 Å². The summed E-state index contributed by atoms with van der Waals surface area (Å²) in [6, 6.07) is 2.09. The van der Waals surface area contributed by atoms with Crippen molar-refractivity contribution in [3.63, 3.8) is 0 Å². The van der Waals surface area contributed by atoms with Crippen molar-refractivity contribution in [2.45, 2.75) is 25.4 Å². The highest BCUT2D eigenvalue weighted by Gasteiger charge is 2.39. The Bertz CT molecular complexity index is 517. The molecule has 114 valence electrons. The van der Waals surface area contributed by atoms with E-state index in [2.05, 4.69) is 31.9 Å². The molecule has 0 saturated carbocycles. The maximum absolute atomic E-state index is 11.5. The Morgan fingerprint density at radius 1 is 1.33 bits per heavy atom. The number of anilines is 1. The van der Waals surface area contributed by atoms with Crippen LogP contribution in [0.5, 0.6) is 0 Å². The standard InChI is InChI=1S/C15H20BrN3O2/c16-11-7-12(9-18-8-11)19-4-1-10(2-5-19)14-13(15(17)20)3-6-21-14/h7-10,13-14H,1-6H2,(H2,17,20)/t13-,14+/m0/s1. The Hall–Kier alpha value is -1.14. The molecule has 6 heteroatoms. The zero-order valence-corrected chi connectivity index (χ0v) is 13.5. The molecule has 0 aromatic carbocycles. The lowest BCUT2D eigenvalue weighted by Gasteiger charge is -2.36. The number of aromatic nitrogens is 1. The van der Waals surface area contributed by atoms with E-state index in [1.165, 1.54) is 0 Å². The van der Waals surface area contributed by atoms with E-state index in [0.717, 1.165) is 42.5 Å². The summed E-state index contributed by atoms with van der Waals surface area (Å²) in [7, 11) is 0. The molecule has 21 heavy (non-hydrogen) atoms. The van der Waals surface area contributed by atoms with Crippen LogP contribution in [0.2, 0.25) is 0 Å². The molecular weight excluding hydrogens is 334 g/mol. The average molecular weight is 354 g/mol. The molecule has 2 N–H and O–H groups in total. The van der Waals surface area contributed by atoms with Gasteiger partial charge in [-0.25, -0.2) is 0 Å². The molecule has 2 saturated heterocycles. The van der Waals surface area contributed by atoms with Gasteiger partial charge in [0.15, 0.2) is 0 Å². The van der Waals surface area contributed by atoms with Crippen LogP contribution in [0.15, 0.2) is 22.9 Å². The number of carbonyl (C=O) groups is 1. The van der Waals surface area contributed by atoms with Crippen LogP contribution in [-0.4, -0.2) is 36.7 Å². The van der Waals surface area contributed by atoms with Crippen molar-refractivity contribution >= 4 is 27.5 Å². The van der Waals surface area contributed by atoms with Crippen molar-refractivity contribution < 1.29 is 9.53 Å². The number of ether oxygens (including phenoxy) is 1. The second-order valence-electron chi connectivity index (χ2n) is 5.82. The van der Waals surface area contributed by atoms with Gasteiger partial charge >= 0.3 is 0 Å². The van der Waals surface area contributed by atoms with Gasteiger partial charge in [0, 0.05) is 30.4 Å². The number of piperidine rings is 1. The molecule has 0 unspecified atom stereocenters. The van der Waals surface area contributed by atoms with E-state index in [4.69, 9.17) is 10.5 Å². The smallest absolute Gasteiger partial charge is 0.223 e. The van der Waals surface area contributed by atoms with Gasteiger partial charge in [0.1, 0.15) is 0 Å². The average Bonchev–Trinajstić information content (AvgIpc) is 2.97. The van der Waals surface area contributed by atoms with Crippen LogP contribution in [0, 0.1) is 11.8 Å². The number of carbonyl (C=O) groups excluding carboxylic acids is 1. The van der Waals surface area contributed by atoms with E-state index in [1.807, 2.05) is 6.20 Å².